The second-order valence-corrected chi connectivity index (χ2v) is 22.7. The van der Waals surface area contributed by atoms with E-state index in [1.54, 1.807) is 18.3 Å². The van der Waals surface area contributed by atoms with Crippen molar-refractivity contribution in [2.45, 2.75) is 89.3 Å². The van der Waals surface area contributed by atoms with Crippen molar-refractivity contribution in [2.75, 3.05) is 20.6 Å². The SMILES string of the molecule is CN(C)CCCn1nc(-c2cnc3c(n2)c(C(=O)NC(C)(C)CCC(C)(C)[Si](C)(C)O)cn3C(c2ccccc2)(c2ccccc2)c2ccccc2)c2cc(OC(F)F)ccc21. The van der Waals surface area contributed by atoms with Gasteiger partial charge in [-0.15, -0.1) is 0 Å². The van der Waals surface area contributed by atoms with E-state index < -0.39 is 26.0 Å². The van der Waals surface area contributed by atoms with Crippen LogP contribution in [0.15, 0.2) is 122 Å². The van der Waals surface area contributed by atoms with Crippen molar-refractivity contribution in [3.05, 3.63) is 144 Å². The molecule has 0 fully saturated rings. The smallest absolute Gasteiger partial charge is 0.387 e. The Morgan fingerprint density at radius 3 is 1.98 bits per heavy atom. The van der Waals surface area contributed by atoms with Crippen molar-refractivity contribution in [3.8, 4) is 17.1 Å². The molecule has 0 spiro atoms. The van der Waals surface area contributed by atoms with Gasteiger partial charge < -0.3 is 24.3 Å². The van der Waals surface area contributed by atoms with E-state index in [9.17, 15) is 18.4 Å². The van der Waals surface area contributed by atoms with Gasteiger partial charge in [-0.2, -0.15) is 13.9 Å². The Morgan fingerprint density at radius 2 is 1.45 bits per heavy atom. The molecule has 62 heavy (non-hydrogen) atoms. The molecule has 0 aliphatic heterocycles. The van der Waals surface area contributed by atoms with Crippen LogP contribution in [-0.4, -0.2) is 81.0 Å². The largest absolute Gasteiger partial charge is 0.435 e. The molecule has 7 rings (SSSR count). The second kappa shape index (κ2) is 17.5. The van der Waals surface area contributed by atoms with E-state index in [1.165, 1.54) is 6.07 Å². The number of hydrogen-bond donors (Lipinski definition) is 2. The minimum atomic E-state index is -3.00. The molecule has 0 aliphatic carbocycles. The summed E-state index contributed by atoms with van der Waals surface area (Å²) in [6, 6.07) is 35.3. The summed E-state index contributed by atoms with van der Waals surface area (Å²) in [5.74, 6) is -0.337. The molecule has 0 radical (unpaired) electrons. The van der Waals surface area contributed by atoms with Crippen LogP contribution in [0, 0.1) is 0 Å². The number of aryl methyl sites for hydroxylation is 1. The first-order valence-corrected chi connectivity index (χ1v) is 24.1. The van der Waals surface area contributed by atoms with Crippen LogP contribution in [0.2, 0.25) is 18.1 Å². The Bertz CT molecular complexity index is 2540. The molecule has 0 bridgehead atoms. The molecule has 2 N–H and O–H groups in total. The highest BCUT2D eigenvalue weighted by molar-refractivity contribution is 6.72. The van der Waals surface area contributed by atoms with Crippen molar-refractivity contribution >= 4 is 36.3 Å². The highest BCUT2D eigenvalue weighted by Crippen LogP contribution is 2.44. The highest BCUT2D eigenvalue weighted by atomic mass is 28.4. The number of amides is 1. The number of carbonyl (C=O) groups excluding carboxylic acids is 1. The standard InChI is InChI=1S/C49H57F2N7O3Si/c1-47(2,27-28-48(3,4)62(7,8)60)54-45(59)39-33-57(49(34-19-12-9-13-20-34,35-21-14-10-15-22-35)36-23-16-11-17-24-36)44-43(39)53-40(32-52-44)42-38-31-37(61-46(50)51)25-26-41(38)58(55-42)30-18-29-56(5)6/h9-17,19-26,31-33,46,60H,18,27-30H2,1-8H3,(H,54,59). The van der Waals surface area contributed by atoms with Gasteiger partial charge in [-0.3, -0.25) is 9.48 Å². The van der Waals surface area contributed by atoms with Crippen molar-refractivity contribution in [1.29, 1.82) is 0 Å². The quantitative estimate of drug-likeness (QED) is 0.0693. The van der Waals surface area contributed by atoms with Crippen molar-refractivity contribution in [1.82, 2.24) is 34.5 Å². The van der Waals surface area contributed by atoms with Gasteiger partial charge in [0.2, 0.25) is 0 Å². The third-order valence-electron chi connectivity index (χ3n) is 12.3. The molecule has 3 heterocycles. The average molecular weight is 858 g/mol. The molecule has 7 aromatic rings. The number of ether oxygens (including phenoxy) is 1. The predicted molar refractivity (Wildman–Crippen MR) is 245 cm³/mol. The van der Waals surface area contributed by atoms with Gasteiger partial charge in [0.25, 0.3) is 5.91 Å². The maximum atomic E-state index is 15.0. The fraction of sp³-hybridized carbons (Fsp3) is 0.347. The molecule has 3 aromatic heterocycles. The lowest BCUT2D eigenvalue weighted by molar-refractivity contribution is -0.0497. The number of carbonyl (C=O) groups is 1. The van der Waals surface area contributed by atoms with Crippen LogP contribution in [0.3, 0.4) is 0 Å². The minimum absolute atomic E-state index is 0.00197. The van der Waals surface area contributed by atoms with Crippen LogP contribution in [0.4, 0.5) is 8.78 Å². The van der Waals surface area contributed by atoms with Gasteiger partial charge in [-0.05, 0) is 107 Å². The summed E-state index contributed by atoms with van der Waals surface area (Å²) >= 11 is 0. The number of fused-ring (bicyclic) bond motifs is 2. The summed E-state index contributed by atoms with van der Waals surface area (Å²) < 4.78 is 35.8. The van der Waals surface area contributed by atoms with E-state index in [2.05, 4.69) is 65.0 Å². The molecule has 13 heteroatoms. The number of halogens is 2. The van der Waals surface area contributed by atoms with Gasteiger partial charge in [0.15, 0.2) is 14.0 Å². The summed E-state index contributed by atoms with van der Waals surface area (Å²) in [4.78, 5) is 38.6. The monoisotopic (exact) mass is 857 g/mol. The van der Waals surface area contributed by atoms with Gasteiger partial charge in [0, 0.05) is 23.7 Å². The zero-order valence-electron chi connectivity index (χ0n) is 36.9. The van der Waals surface area contributed by atoms with Crippen LogP contribution >= 0.6 is 0 Å². The maximum Gasteiger partial charge on any atom is 0.387 e. The maximum absolute atomic E-state index is 15.0. The van der Waals surface area contributed by atoms with Crippen molar-refractivity contribution in [2.24, 2.45) is 0 Å². The molecular formula is C49H57F2N7O3Si. The van der Waals surface area contributed by atoms with E-state index in [0.717, 1.165) is 35.2 Å². The Kier molecular flexibility index (Phi) is 12.5. The number of alkyl halides is 2. The lowest BCUT2D eigenvalue weighted by Gasteiger charge is -2.38. The normalized spacial score (nSPS) is 12.8. The van der Waals surface area contributed by atoms with Crippen LogP contribution in [-0.2, 0) is 12.1 Å². The lowest BCUT2D eigenvalue weighted by Crippen LogP contribution is -2.46. The summed E-state index contributed by atoms with van der Waals surface area (Å²) in [6.07, 6.45) is 5.63. The lowest BCUT2D eigenvalue weighted by atomic mass is 9.76. The molecule has 10 nitrogen and oxygen atoms in total. The first kappa shape index (κ1) is 44.3. The zero-order chi connectivity index (χ0) is 44.5. The van der Waals surface area contributed by atoms with Gasteiger partial charge in [0.1, 0.15) is 28.2 Å². The summed E-state index contributed by atoms with van der Waals surface area (Å²) in [5.41, 5.74) is 3.80. The van der Waals surface area contributed by atoms with Crippen molar-refractivity contribution < 1.29 is 23.1 Å². The second-order valence-electron chi connectivity index (χ2n) is 18.2. The van der Waals surface area contributed by atoms with Crippen LogP contribution in [0.25, 0.3) is 33.5 Å². The number of hydrogen-bond acceptors (Lipinski definition) is 7. The molecule has 0 saturated heterocycles. The average Bonchev–Trinajstić information content (AvgIpc) is 3.79. The highest BCUT2D eigenvalue weighted by Gasteiger charge is 2.42. The van der Waals surface area contributed by atoms with Crippen molar-refractivity contribution in [3.63, 3.8) is 0 Å². The predicted octanol–water partition coefficient (Wildman–Crippen LogP) is 10.1. The first-order chi connectivity index (χ1) is 29.4. The summed E-state index contributed by atoms with van der Waals surface area (Å²) in [5, 5.41) is 8.62. The third-order valence-corrected chi connectivity index (χ3v) is 15.9. The number of aromatic nitrogens is 5. The van der Waals surface area contributed by atoms with Crippen LogP contribution < -0.4 is 10.1 Å². The van der Waals surface area contributed by atoms with Gasteiger partial charge in [-0.1, -0.05) is 105 Å². The number of benzene rings is 4. The molecule has 1 amide bonds. The first-order valence-electron chi connectivity index (χ1n) is 21.1. The van der Waals surface area contributed by atoms with E-state index >= 15 is 0 Å². The molecular weight excluding hydrogens is 801 g/mol. The molecule has 0 unspecified atom stereocenters. The minimum Gasteiger partial charge on any atom is -0.435 e. The molecule has 0 atom stereocenters. The number of nitrogens with zero attached hydrogens (tertiary/aromatic N) is 6. The molecule has 4 aromatic carbocycles. The van der Waals surface area contributed by atoms with Gasteiger partial charge in [-0.25, -0.2) is 9.97 Å². The van der Waals surface area contributed by atoms with Gasteiger partial charge in [0.05, 0.1) is 17.3 Å². The Hall–Kier alpha value is -5.76. The van der Waals surface area contributed by atoms with E-state index in [4.69, 9.17) is 19.8 Å². The zero-order valence-corrected chi connectivity index (χ0v) is 37.9. The summed E-state index contributed by atoms with van der Waals surface area (Å²) in [7, 11) is 1.50. The summed E-state index contributed by atoms with van der Waals surface area (Å²) in [6.45, 7) is 10.5. The Balaban J connectivity index is 1.47. The van der Waals surface area contributed by atoms with E-state index in [1.807, 2.05) is 107 Å². The van der Waals surface area contributed by atoms with Crippen LogP contribution in [0.1, 0.15) is 74.0 Å². The Morgan fingerprint density at radius 1 is 0.871 bits per heavy atom. The van der Waals surface area contributed by atoms with E-state index in [0.29, 0.717) is 52.9 Å². The fourth-order valence-electron chi connectivity index (χ4n) is 8.08. The molecule has 0 saturated carbocycles. The van der Waals surface area contributed by atoms with E-state index in [-0.39, 0.29) is 16.7 Å². The molecule has 0 aliphatic rings. The van der Waals surface area contributed by atoms with Gasteiger partial charge >= 0.3 is 6.61 Å². The van der Waals surface area contributed by atoms with Crippen LogP contribution in [0.5, 0.6) is 5.75 Å². The third kappa shape index (κ3) is 8.92. The molecule has 324 valence electrons. The fourth-order valence-corrected chi connectivity index (χ4v) is 8.82. The number of nitrogens with one attached hydrogen (secondary N) is 1. The topological polar surface area (TPSA) is 110 Å². The Labute approximate surface area is 363 Å². The number of rotatable bonds is 17.